The molecule has 0 fully saturated rings. The summed E-state index contributed by atoms with van der Waals surface area (Å²) in [5, 5.41) is 0. The Kier molecular flexibility index (Phi) is 1.81. The largest absolute Gasteiger partial charge is 0.389 e. The van der Waals surface area contributed by atoms with Gasteiger partial charge in [0.2, 0.25) is 0 Å². The van der Waals surface area contributed by atoms with Gasteiger partial charge in [0.05, 0.1) is 0 Å². The second kappa shape index (κ2) is 3.16. The highest BCUT2D eigenvalue weighted by atomic mass is 15.0. The van der Waals surface area contributed by atoms with Crippen LogP contribution in [-0.2, 0) is 0 Å². The lowest BCUT2D eigenvalue weighted by atomic mass is 9.50. The smallest absolute Gasteiger partial charge is 0.320 e. The van der Waals surface area contributed by atoms with Gasteiger partial charge in [-0.25, -0.2) is 0 Å². The van der Waals surface area contributed by atoms with Gasteiger partial charge < -0.3 is 4.81 Å². The van der Waals surface area contributed by atoms with Gasteiger partial charge in [-0.3, -0.25) is 0 Å². The van der Waals surface area contributed by atoms with E-state index in [0.29, 0.717) is 6.85 Å². The molecule has 0 unspecified atom stereocenters. The second-order valence-corrected chi connectivity index (χ2v) is 4.02. The van der Waals surface area contributed by atoms with Gasteiger partial charge in [0.25, 0.3) is 0 Å². The molecule has 0 saturated carbocycles. The van der Waals surface area contributed by atoms with Gasteiger partial charge in [0.15, 0.2) is 0 Å². The predicted molar refractivity (Wildman–Crippen MR) is 65.6 cm³/mol. The van der Waals surface area contributed by atoms with Crippen LogP contribution in [0.25, 0.3) is 5.57 Å². The molecule has 0 spiro atoms. The van der Waals surface area contributed by atoms with Crippen LogP contribution in [0, 0.1) is 0 Å². The van der Waals surface area contributed by atoms with Crippen LogP contribution in [0.15, 0.2) is 54.8 Å². The van der Waals surface area contributed by atoms with Gasteiger partial charge >= 0.3 is 6.85 Å². The molecule has 0 amide bonds. The van der Waals surface area contributed by atoms with Crippen LogP contribution in [0.5, 0.6) is 0 Å². The SMILES string of the molecule is CC1=CN2C=CC=CB2c2ccccc21. The minimum atomic E-state index is 0.384. The molecule has 0 aliphatic carbocycles. The van der Waals surface area contributed by atoms with Crippen LogP contribution in [0.3, 0.4) is 0 Å². The minimum Gasteiger partial charge on any atom is -0.389 e. The van der Waals surface area contributed by atoms with Crippen molar-refractivity contribution in [1.82, 2.24) is 4.81 Å². The van der Waals surface area contributed by atoms with Crippen molar-refractivity contribution in [2.24, 2.45) is 0 Å². The zero-order valence-corrected chi connectivity index (χ0v) is 8.72. The van der Waals surface area contributed by atoms with Gasteiger partial charge in [-0.2, -0.15) is 0 Å². The minimum absolute atomic E-state index is 0.384. The highest BCUT2D eigenvalue weighted by molar-refractivity contribution is 6.77. The molecule has 0 atom stereocenters. The number of nitrogens with zero attached hydrogens (tertiary/aromatic N) is 1. The average molecular weight is 193 g/mol. The number of fused-ring (bicyclic) bond motifs is 3. The van der Waals surface area contributed by atoms with Crippen LogP contribution in [-0.4, -0.2) is 11.7 Å². The summed E-state index contributed by atoms with van der Waals surface area (Å²) >= 11 is 0. The van der Waals surface area contributed by atoms with Gasteiger partial charge in [0, 0.05) is 0 Å². The maximum atomic E-state index is 2.26. The van der Waals surface area contributed by atoms with Crippen molar-refractivity contribution in [1.29, 1.82) is 0 Å². The number of allylic oxidation sites excluding steroid dienone is 3. The molecular formula is C13H12BN. The summed E-state index contributed by atoms with van der Waals surface area (Å²) in [6.07, 6.45) is 8.54. The maximum absolute atomic E-state index is 2.26. The molecule has 3 rings (SSSR count). The molecule has 0 aromatic heterocycles. The molecule has 2 heteroatoms. The lowest BCUT2D eigenvalue weighted by molar-refractivity contribution is 0.792. The quantitative estimate of drug-likeness (QED) is 0.571. The van der Waals surface area contributed by atoms with Crippen molar-refractivity contribution >= 4 is 17.9 Å². The van der Waals surface area contributed by atoms with E-state index in [1.807, 2.05) is 0 Å². The molecule has 0 N–H and O–H groups in total. The van der Waals surface area contributed by atoms with E-state index in [1.165, 1.54) is 16.6 Å². The van der Waals surface area contributed by atoms with Gasteiger partial charge in [-0.15, -0.1) is 0 Å². The molecule has 0 radical (unpaired) electrons. The topological polar surface area (TPSA) is 3.24 Å². The molecule has 72 valence electrons. The Morgan fingerprint density at radius 1 is 1.13 bits per heavy atom. The molecule has 2 aliphatic heterocycles. The second-order valence-electron chi connectivity index (χ2n) is 4.02. The highest BCUT2D eigenvalue weighted by Crippen LogP contribution is 2.21. The average Bonchev–Trinajstić information content (AvgIpc) is 2.30. The van der Waals surface area contributed by atoms with E-state index < -0.39 is 0 Å². The first-order valence-electron chi connectivity index (χ1n) is 5.26. The van der Waals surface area contributed by atoms with Gasteiger partial charge in [-0.05, 0) is 42.0 Å². The van der Waals surface area contributed by atoms with E-state index in [2.05, 4.69) is 66.5 Å². The molecule has 0 bridgehead atoms. The van der Waals surface area contributed by atoms with Gasteiger partial charge in [-0.1, -0.05) is 36.3 Å². The third kappa shape index (κ3) is 1.25. The first-order chi connectivity index (χ1) is 7.36. The zero-order chi connectivity index (χ0) is 10.3. The van der Waals surface area contributed by atoms with Crippen molar-refractivity contribution in [2.45, 2.75) is 6.92 Å². The van der Waals surface area contributed by atoms with Crippen molar-refractivity contribution < 1.29 is 0 Å². The van der Waals surface area contributed by atoms with Crippen molar-refractivity contribution in [3.63, 3.8) is 0 Å². The van der Waals surface area contributed by atoms with E-state index in [4.69, 9.17) is 0 Å². The monoisotopic (exact) mass is 193 g/mol. The standard InChI is InChI=1S/C13H12BN/c1-11-10-15-9-5-4-8-14(15)13-7-3-2-6-12(11)13/h2-10H,1H3. The molecule has 15 heavy (non-hydrogen) atoms. The van der Waals surface area contributed by atoms with E-state index in [9.17, 15) is 0 Å². The molecule has 1 aromatic carbocycles. The fourth-order valence-electron chi connectivity index (χ4n) is 2.31. The Labute approximate surface area is 90.5 Å². The lowest BCUT2D eigenvalue weighted by Gasteiger charge is -2.31. The molecule has 1 aromatic rings. The Hall–Kier alpha value is -1.70. The summed E-state index contributed by atoms with van der Waals surface area (Å²) in [7, 11) is 0. The van der Waals surface area contributed by atoms with Crippen molar-refractivity contribution in [3.8, 4) is 0 Å². The summed E-state index contributed by atoms with van der Waals surface area (Å²) in [5.74, 6) is 2.24. The molecule has 2 heterocycles. The van der Waals surface area contributed by atoms with Crippen LogP contribution >= 0.6 is 0 Å². The summed E-state index contributed by atoms with van der Waals surface area (Å²) in [6, 6.07) is 8.63. The Morgan fingerprint density at radius 2 is 2.00 bits per heavy atom. The Balaban J connectivity index is 2.20. The van der Waals surface area contributed by atoms with E-state index in [-0.39, 0.29) is 0 Å². The first-order valence-corrected chi connectivity index (χ1v) is 5.26. The van der Waals surface area contributed by atoms with E-state index in [0.717, 1.165) is 0 Å². The number of benzene rings is 1. The Morgan fingerprint density at radius 3 is 2.93 bits per heavy atom. The fourth-order valence-corrected chi connectivity index (χ4v) is 2.31. The van der Waals surface area contributed by atoms with Crippen LogP contribution in [0.4, 0.5) is 0 Å². The van der Waals surface area contributed by atoms with E-state index >= 15 is 0 Å². The van der Waals surface area contributed by atoms with E-state index in [1.54, 1.807) is 0 Å². The predicted octanol–water partition coefficient (Wildman–Crippen LogP) is 2.18. The third-order valence-corrected chi connectivity index (χ3v) is 3.03. The van der Waals surface area contributed by atoms with Crippen LogP contribution < -0.4 is 5.46 Å². The first kappa shape index (κ1) is 8.60. The molecule has 2 aliphatic rings. The van der Waals surface area contributed by atoms with Crippen LogP contribution in [0.2, 0.25) is 0 Å². The molecule has 1 nitrogen and oxygen atoms in total. The molecule has 0 saturated heterocycles. The summed E-state index contributed by atoms with van der Waals surface area (Å²) in [6.45, 7) is 2.55. The molecular weight excluding hydrogens is 181 g/mol. The zero-order valence-electron chi connectivity index (χ0n) is 8.72. The van der Waals surface area contributed by atoms with Crippen LogP contribution in [0.1, 0.15) is 12.5 Å². The number of hydrogen-bond acceptors (Lipinski definition) is 1. The number of rotatable bonds is 0. The fraction of sp³-hybridized carbons (Fsp3) is 0.0769. The lowest BCUT2D eigenvalue weighted by Crippen LogP contribution is -2.46. The maximum Gasteiger partial charge on any atom is 0.320 e. The summed E-state index contributed by atoms with van der Waals surface area (Å²) < 4.78 is 0. The Bertz CT molecular complexity index is 485. The van der Waals surface area contributed by atoms with Crippen molar-refractivity contribution in [2.75, 3.05) is 0 Å². The highest BCUT2D eigenvalue weighted by Gasteiger charge is 2.27. The van der Waals surface area contributed by atoms with Gasteiger partial charge in [0.1, 0.15) is 0 Å². The summed E-state index contributed by atoms with van der Waals surface area (Å²) in [5.41, 5.74) is 4.11. The number of hydrogen-bond donors (Lipinski definition) is 0. The van der Waals surface area contributed by atoms with Crippen molar-refractivity contribution in [3.05, 3.63) is 60.4 Å². The normalized spacial score (nSPS) is 17.3. The summed E-state index contributed by atoms with van der Waals surface area (Å²) in [4.78, 5) is 2.26. The third-order valence-electron chi connectivity index (χ3n) is 3.03.